The predicted molar refractivity (Wildman–Crippen MR) is 94.5 cm³/mol. The summed E-state index contributed by atoms with van der Waals surface area (Å²) in [6.45, 7) is 4.54. The second-order valence-corrected chi connectivity index (χ2v) is 7.08. The van der Waals surface area contributed by atoms with Crippen LogP contribution in [-0.2, 0) is 14.4 Å². The molecule has 0 aliphatic heterocycles. The van der Waals surface area contributed by atoms with Gasteiger partial charge >= 0.3 is 0 Å². The lowest BCUT2D eigenvalue weighted by Gasteiger charge is -2.33. The third-order valence-corrected chi connectivity index (χ3v) is 5.13. The van der Waals surface area contributed by atoms with Crippen molar-refractivity contribution in [2.24, 2.45) is 11.3 Å². The Bertz CT molecular complexity index is 601. The predicted octanol–water partition coefficient (Wildman–Crippen LogP) is 3.22. The molecule has 6 nitrogen and oxygen atoms in total. The smallest absolute Gasteiger partial charge is 0.249 e. The van der Waals surface area contributed by atoms with E-state index in [4.69, 9.17) is 19.0 Å². The van der Waals surface area contributed by atoms with Crippen LogP contribution in [0.3, 0.4) is 0 Å². The minimum absolute atomic E-state index is 0.000411. The van der Waals surface area contributed by atoms with Crippen LogP contribution in [-0.4, -0.2) is 46.1 Å². The number of carbonyl (C=O) groups excluding carboxylic acids is 1. The van der Waals surface area contributed by atoms with Gasteiger partial charge in [-0.2, -0.15) is 0 Å². The molecule has 1 aromatic carbocycles. The Labute approximate surface area is 149 Å². The summed E-state index contributed by atoms with van der Waals surface area (Å²) >= 11 is 0. The Hall–Kier alpha value is -1.79. The molecule has 6 heteroatoms. The van der Waals surface area contributed by atoms with Crippen molar-refractivity contribution in [2.75, 3.05) is 35.2 Å². The van der Waals surface area contributed by atoms with Crippen molar-refractivity contribution in [3.8, 4) is 11.5 Å². The molecule has 1 aliphatic rings. The number of ether oxygens (including phenoxy) is 3. The highest BCUT2D eigenvalue weighted by molar-refractivity contribution is 5.79. The monoisotopic (exact) mass is 351 g/mol. The Morgan fingerprint density at radius 3 is 2.60 bits per heavy atom. The molecule has 1 aliphatic carbocycles. The Morgan fingerprint density at radius 2 is 2.00 bits per heavy atom. The SMILES string of the molecule is COCOc1ccc(OC)cc1C1C(C(=O)N(C)OC)CCC1(C)C. The van der Waals surface area contributed by atoms with Gasteiger partial charge in [-0.3, -0.25) is 9.63 Å². The standard InChI is InChI=1S/C19H29NO5/c1-19(2)10-9-14(18(21)20(3)24-6)17(19)15-11-13(23-5)7-8-16(15)25-12-22-4/h7-8,11,14,17H,9-10,12H2,1-6H3. The average Bonchev–Trinajstić information content (AvgIpc) is 2.93. The van der Waals surface area contributed by atoms with Crippen molar-refractivity contribution < 1.29 is 23.8 Å². The van der Waals surface area contributed by atoms with Crippen LogP contribution in [0.1, 0.15) is 38.2 Å². The van der Waals surface area contributed by atoms with E-state index in [0.717, 1.165) is 29.9 Å². The number of methoxy groups -OCH3 is 2. The van der Waals surface area contributed by atoms with Crippen LogP contribution in [0.25, 0.3) is 0 Å². The van der Waals surface area contributed by atoms with Crippen LogP contribution < -0.4 is 9.47 Å². The second kappa shape index (κ2) is 8.06. The Morgan fingerprint density at radius 1 is 1.28 bits per heavy atom. The summed E-state index contributed by atoms with van der Waals surface area (Å²) in [5, 5.41) is 1.31. The summed E-state index contributed by atoms with van der Waals surface area (Å²) in [6.07, 6.45) is 1.76. The van der Waals surface area contributed by atoms with E-state index in [2.05, 4.69) is 13.8 Å². The zero-order valence-corrected chi connectivity index (χ0v) is 16.0. The molecule has 0 N–H and O–H groups in total. The molecule has 1 fully saturated rings. The van der Waals surface area contributed by atoms with Crippen LogP contribution in [0.4, 0.5) is 0 Å². The highest BCUT2D eigenvalue weighted by atomic mass is 16.7. The van der Waals surface area contributed by atoms with E-state index in [-0.39, 0.29) is 30.0 Å². The van der Waals surface area contributed by atoms with Crippen molar-refractivity contribution in [3.05, 3.63) is 23.8 Å². The molecular weight excluding hydrogens is 322 g/mol. The van der Waals surface area contributed by atoms with E-state index in [1.807, 2.05) is 18.2 Å². The lowest BCUT2D eigenvalue weighted by Crippen LogP contribution is -2.35. The average molecular weight is 351 g/mol. The summed E-state index contributed by atoms with van der Waals surface area (Å²) in [7, 11) is 6.38. The van der Waals surface area contributed by atoms with Crippen LogP contribution in [0.5, 0.6) is 11.5 Å². The maximum absolute atomic E-state index is 12.8. The van der Waals surface area contributed by atoms with Gasteiger partial charge in [-0.1, -0.05) is 13.8 Å². The molecule has 1 saturated carbocycles. The Balaban J connectivity index is 2.48. The molecule has 0 bridgehead atoms. The van der Waals surface area contributed by atoms with Crippen molar-refractivity contribution in [1.82, 2.24) is 5.06 Å². The van der Waals surface area contributed by atoms with E-state index < -0.39 is 0 Å². The van der Waals surface area contributed by atoms with Gasteiger partial charge in [-0.15, -0.1) is 0 Å². The van der Waals surface area contributed by atoms with E-state index >= 15 is 0 Å². The largest absolute Gasteiger partial charge is 0.497 e. The maximum Gasteiger partial charge on any atom is 0.249 e. The molecule has 0 radical (unpaired) electrons. The summed E-state index contributed by atoms with van der Waals surface area (Å²) in [5.74, 6) is 1.28. The van der Waals surface area contributed by atoms with Gasteiger partial charge in [-0.05, 0) is 36.5 Å². The molecule has 1 amide bonds. The molecule has 2 unspecified atom stereocenters. The zero-order valence-electron chi connectivity index (χ0n) is 16.0. The molecule has 1 aromatic rings. The van der Waals surface area contributed by atoms with Crippen LogP contribution in [0.2, 0.25) is 0 Å². The number of carbonyl (C=O) groups is 1. The third-order valence-electron chi connectivity index (χ3n) is 5.13. The first-order chi connectivity index (χ1) is 11.9. The summed E-state index contributed by atoms with van der Waals surface area (Å²) in [5.41, 5.74) is 0.925. The molecule has 140 valence electrons. The van der Waals surface area contributed by atoms with Crippen LogP contribution in [0.15, 0.2) is 18.2 Å². The first kappa shape index (κ1) is 19.5. The van der Waals surface area contributed by atoms with Gasteiger partial charge in [0.2, 0.25) is 5.91 Å². The summed E-state index contributed by atoms with van der Waals surface area (Å²) < 4.78 is 16.2. The molecular formula is C19H29NO5. The fourth-order valence-corrected chi connectivity index (χ4v) is 3.77. The number of benzene rings is 1. The molecule has 2 atom stereocenters. The summed E-state index contributed by atoms with van der Waals surface area (Å²) in [6, 6.07) is 5.70. The van der Waals surface area contributed by atoms with Gasteiger partial charge in [0.05, 0.1) is 14.2 Å². The van der Waals surface area contributed by atoms with Gasteiger partial charge in [0.1, 0.15) is 11.5 Å². The minimum Gasteiger partial charge on any atom is -0.497 e. The third kappa shape index (κ3) is 4.07. The quantitative estimate of drug-likeness (QED) is 0.558. The van der Waals surface area contributed by atoms with E-state index in [0.29, 0.717) is 0 Å². The fraction of sp³-hybridized carbons (Fsp3) is 0.632. The first-order valence-electron chi connectivity index (χ1n) is 8.47. The van der Waals surface area contributed by atoms with Crippen LogP contribution in [0, 0.1) is 11.3 Å². The van der Waals surface area contributed by atoms with Crippen molar-refractivity contribution in [1.29, 1.82) is 0 Å². The Kier molecular flexibility index (Phi) is 6.30. The topological polar surface area (TPSA) is 57.2 Å². The normalized spacial score (nSPS) is 21.8. The lowest BCUT2D eigenvalue weighted by atomic mass is 9.73. The van der Waals surface area contributed by atoms with Crippen LogP contribution >= 0.6 is 0 Å². The zero-order chi connectivity index (χ0) is 18.6. The number of hydrogen-bond acceptors (Lipinski definition) is 5. The van der Waals surface area contributed by atoms with E-state index in [9.17, 15) is 4.79 Å². The highest BCUT2D eigenvalue weighted by Crippen LogP contribution is 2.55. The number of nitrogens with zero attached hydrogens (tertiary/aromatic N) is 1. The van der Waals surface area contributed by atoms with Gasteiger partial charge in [0, 0.05) is 31.6 Å². The number of amides is 1. The minimum atomic E-state index is -0.169. The molecule has 0 heterocycles. The van der Waals surface area contributed by atoms with Crippen molar-refractivity contribution >= 4 is 5.91 Å². The maximum atomic E-state index is 12.8. The van der Waals surface area contributed by atoms with E-state index in [1.54, 1.807) is 21.3 Å². The number of rotatable bonds is 7. The molecule has 0 saturated heterocycles. The van der Waals surface area contributed by atoms with Gasteiger partial charge in [-0.25, -0.2) is 5.06 Å². The molecule has 2 rings (SSSR count). The number of hydrogen-bond donors (Lipinski definition) is 0. The number of hydroxylamine groups is 2. The van der Waals surface area contributed by atoms with Gasteiger partial charge in [0.25, 0.3) is 0 Å². The molecule has 0 aromatic heterocycles. The fourth-order valence-electron chi connectivity index (χ4n) is 3.77. The van der Waals surface area contributed by atoms with Gasteiger partial charge < -0.3 is 14.2 Å². The first-order valence-corrected chi connectivity index (χ1v) is 8.47. The second-order valence-electron chi connectivity index (χ2n) is 7.08. The van der Waals surface area contributed by atoms with Crippen molar-refractivity contribution in [2.45, 2.75) is 32.6 Å². The summed E-state index contributed by atoms with van der Waals surface area (Å²) in [4.78, 5) is 18.0. The van der Waals surface area contributed by atoms with Crippen molar-refractivity contribution in [3.63, 3.8) is 0 Å². The van der Waals surface area contributed by atoms with Gasteiger partial charge in [0.15, 0.2) is 6.79 Å². The molecule has 25 heavy (non-hydrogen) atoms. The molecule has 0 spiro atoms. The lowest BCUT2D eigenvalue weighted by molar-refractivity contribution is -0.174. The van der Waals surface area contributed by atoms with E-state index in [1.165, 1.54) is 12.2 Å². The highest BCUT2D eigenvalue weighted by Gasteiger charge is 2.48.